The molecule has 2 aromatic rings. The Bertz CT molecular complexity index is 387. The van der Waals surface area contributed by atoms with Gasteiger partial charge in [-0.15, -0.1) is 0 Å². The van der Waals surface area contributed by atoms with Gasteiger partial charge >= 0.3 is 0 Å². The highest BCUT2D eigenvalue weighted by Crippen LogP contribution is 2.19. The largest absolute Gasteiger partial charge is 0.437 e. The van der Waals surface area contributed by atoms with Crippen LogP contribution in [0.15, 0.2) is 22.7 Å². The predicted molar refractivity (Wildman–Crippen MR) is 53.9 cm³/mol. The molecule has 74 valence electrons. The van der Waals surface area contributed by atoms with Crippen molar-refractivity contribution in [1.29, 1.82) is 0 Å². The van der Waals surface area contributed by atoms with E-state index in [2.05, 4.69) is 22.2 Å². The maximum atomic E-state index is 5.58. The van der Waals surface area contributed by atoms with Gasteiger partial charge in [0.15, 0.2) is 11.2 Å². The highest BCUT2D eigenvalue weighted by molar-refractivity contribution is 5.66. The zero-order valence-electron chi connectivity index (χ0n) is 8.32. The van der Waals surface area contributed by atoms with E-state index in [0.29, 0.717) is 11.5 Å². The average Bonchev–Trinajstić information content (AvgIpc) is 2.63. The van der Waals surface area contributed by atoms with Crippen LogP contribution in [0.5, 0.6) is 0 Å². The van der Waals surface area contributed by atoms with Crippen LogP contribution >= 0.6 is 0 Å². The third-order valence-corrected chi connectivity index (χ3v) is 2.24. The Morgan fingerprint density at radius 3 is 3.07 bits per heavy atom. The zero-order valence-corrected chi connectivity index (χ0v) is 8.32. The van der Waals surface area contributed by atoms with Gasteiger partial charge in [0.2, 0.25) is 5.89 Å². The van der Waals surface area contributed by atoms with Crippen LogP contribution < -0.4 is 5.32 Å². The molecule has 1 atom stereocenters. The first-order valence-corrected chi connectivity index (χ1v) is 4.74. The Morgan fingerprint density at radius 1 is 1.57 bits per heavy atom. The van der Waals surface area contributed by atoms with E-state index in [-0.39, 0.29) is 6.04 Å². The lowest BCUT2D eigenvalue weighted by Crippen LogP contribution is -2.15. The molecule has 1 unspecified atom stereocenters. The van der Waals surface area contributed by atoms with Gasteiger partial charge in [-0.3, -0.25) is 0 Å². The van der Waals surface area contributed by atoms with Crippen molar-refractivity contribution in [2.24, 2.45) is 0 Å². The van der Waals surface area contributed by atoms with Crippen LogP contribution in [-0.4, -0.2) is 17.0 Å². The molecule has 14 heavy (non-hydrogen) atoms. The smallest absolute Gasteiger partial charge is 0.214 e. The fourth-order valence-electron chi connectivity index (χ4n) is 1.44. The third-order valence-electron chi connectivity index (χ3n) is 2.24. The number of fused-ring (bicyclic) bond motifs is 1. The van der Waals surface area contributed by atoms with Crippen LogP contribution in [0.25, 0.3) is 11.2 Å². The molecule has 1 N–H and O–H groups in total. The van der Waals surface area contributed by atoms with Gasteiger partial charge in [-0.2, -0.15) is 4.98 Å². The predicted octanol–water partition coefficient (Wildman–Crippen LogP) is 1.89. The van der Waals surface area contributed by atoms with Gasteiger partial charge in [-0.05, 0) is 25.6 Å². The highest BCUT2D eigenvalue weighted by atomic mass is 16.3. The van der Waals surface area contributed by atoms with Gasteiger partial charge in [0, 0.05) is 6.20 Å². The summed E-state index contributed by atoms with van der Waals surface area (Å²) in [6.07, 6.45) is 2.66. The summed E-state index contributed by atoms with van der Waals surface area (Å²) in [5, 5.41) is 3.14. The van der Waals surface area contributed by atoms with E-state index < -0.39 is 0 Å². The number of oxazole rings is 1. The van der Waals surface area contributed by atoms with Crippen molar-refractivity contribution in [1.82, 2.24) is 15.3 Å². The minimum absolute atomic E-state index is 0.171. The molecule has 0 saturated heterocycles. The van der Waals surface area contributed by atoms with Gasteiger partial charge in [-0.25, -0.2) is 4.98 Å². The first kappa shape index (κ1) is 9.15. The third kappa shape index (κ3) is 1.48. The molecular formula is C10H13N3O. The summed E-state index contributed by atoms with van der Waals surface area (Å²) in [5.41, 5.74) is 1.42. The number of hydrogen-bond donors (Lipinski definition) is 1. The topological polar surface area (TPSA) is 51.0 Å². The van der Waals surface area contributed by atoms with Crippen molar-refractivity contribution in [2.75, 3.05) is 7.05 Å². The van der Waals surface area contributed by atoms with Crippen molar-refractivity contribution in [3.8, 4) is 0 Å². The monoisotopic (exact) mass is 191 g/mol. The molecule has 0 fully saturated rings. The molecule has 0 aromatic carbocycles. The summed E-state index contributed by atoms with van der Waals surface area (Å²) < 4.78 is 5.58. The van der Waals surface area contributed by atoms with Crippen molar-refractivity contribution in [3.05, 3.63) is 24.2 Å². The van der Waals surface area contributed by atoms with E-state index >= 15 is 0 Å². The first-order chi connectivity index (χ1) is 6.85. The summed E-state index contributed by atoms with van der Waals surface area (Å²) in [5.74, 6) is 0.712. The lowest BCUT2D eigenvalue weighted by atomic mass is 10.2. The summed E-state index contributed by atoms with van der Waals surface area (Å²) in [7, 11) is 1.90. The Labute approximate surface area is 82.4 Å². The lowest BCUT2D eigenvalue weighted by molar-refractivity contribution is 0.427. The standard InChI is InChI=1S/C10H13N3O/c1-3-7(11-2)10-13-9-8(14-10)5-4-6-12-9/h4-7,11H,3H2,1-2H3. The molecule has 0 spiro atoms. The second-order valence-corrected chi connectivity index (χ2v) is 3.13. The van der Waals surface area contributed by atoms with Crippen LogP contribution in [0.4, 0.5) is 0 Å². The van der Waals surface area contributed by atoms with E-state index in [1.165, 1.54) is 0 Å². The maximum absolute atomic E-state index is 5.58. The van der Waals surface area contributed by atoms with Gasteiger partial charge in [0.25, 0.3) is 0 Å². The van der Waals surface area contributed by atoms with Crippen LogP contribution in [0.2, 0.25) is 0 Å². The molecule has 2 heterocycles. The second kappa shape index (κ2) is 3.75. The second-order valence-electron chi connectivity index (χ2n) is 3.13. The maximum Gasteiger partial charge on any atom is 0.214 e. The molecule has 4 nitrogen and oxygen atoms in total. The molecule has 0 saturated carbocycles. The molecule has 0 amide bonds. The van der Waals surface area contributed by atoms with Crippen molar-refractivity contribution in [3.63, 3.8) is 0 Å². The Balaban J connectivity index is 2.43. The lowest BCUT2D eigenvalue weighted by Gasteiger charge is -2.07. The zero-order chi connectivity index (χ0) is 9.97. The van der Waals surface area contributed by atoms with Gasteiger partial charge < -0.3 is 9.73 Å². The summed E-state index contributed by atoms with van der Waals surface area (Å²) in [6, 6.07) is 3.89. The fourth-order valence-corrected chi connectivity index (χ4v) is 1.44. The number of nitrogens with zero attached hydrogens (tertiary/aromatic N) is 2. The van der Waals surface area contributed by atoms with E-state index in [0.717, 1.165) is 12.0 Å². The first-order valence-electron chi connectivity index (χ1n) is 4.74. The molecule has 0 aliphatic rings. The van der Waals surface area contributed by atoms with Crippen LogP contribution in [0.1, 0.15) is 25.3 Å². The molecule has 0 bridgehead atoms. The number of hydrogen-bond acceptors (Lipinski definition) is 4. The fraction of sp³-hybridized carbons (Fsp3) is 0.400. The SMILES string of the molecule is CCC(NC)c1nc2ncccc2o1. The van der Waals surface area contributed by atoms with Gasteiger partial charge in [-0.1, -0.05) is 6.92 Å². The average molecular weight is 191 g/mol. The van der Waals surface area contributed by atoms with Crippen LogP contribution in [0.3, 0.4) is 0 Å². The molecule has 0 radical (unpaired) electrons. The minimum Gasteiger partial charge on any atom is -0.437 e. The Morgan fingerprint density at radius 2 is 2.43 bits per heavy atom. The quantitative estimate of drug-likeness (QED) is 0.805. The van der Waals surface area contributed by atoms with Crippen LogP contribution in [0, 0.1) is 0 Å². The summed E-state index contributed by atoms with van der Waals surface area (Å²) >= 11 is 0. The van der Waals surface area contributed by atoms with Crippen molar-refractivity contribution in [2.45, 2.75) is 19.4 Å². The molecule has 2 rings (SSSR count). The van der Waals surface area contributed by atoms with Crippen LogP contribution in [-0.2, 0) is 0 Å². The number of rotatable bonds is 3. The van der Waals surface area contributed by atoms with Crippen molar-refractivity contribution < 1.29 is 4.42 Å². The summed E-state index contributed by atoms with van der Waals surface area (Å²) in [4.78, 5) is 8.43. The molecule has 0 aliphatic heterocycles. The summed E-state index contributed by atoms with van der Waals surface area (Å²) in [6.45, 7) is 2.09. The van der Waals surface area contributed by atoms with Gasteiger partial charge in [0.05, 0.1) is 6.04 Å². The number of aromatic nitrogens is 2. The Hall–Kier alpha value is -1.42. The van der Waals surface area contributed by atoms with E-state index in [1.54, 1.807) is 6.20 Å². The number of nitrogens with one attached hydrogen (secondary N) is 1. The Kier molecular flexibility index (Phi) is 2.45. The van der Waals surface area contributed by atoms with E-state index in [1.807, 2.05) is 19.2 Å². The number of pyridine rings is 1. The highest BCUT2D eigenvalue weighted by Gasteiger charge is 2.14. The van der Waals surface area contributed by atoms with E-state index in [9.17, 15) is 0 Å². The van der Waals surface area contributed by atoms with E-state index in [4.69, 9.17) is 4.42 Å². The normalized spacial score (nSPS) is 13.3. The molecule has 2 aromatic heterocycles. The minimum atomic E-state index is 0.171. The molecular weight excluding hydrogens is 178 g/mol. The molecule has 4 heteroatoms. The molecule has 0 aliphatic carbocycles. The van der Waals surface area contributed by atoms with Gasteiger partial charge in [0.1, 0.15) is 0 Å². The van der Waals surface area contributed by atoms with Crippen molar-refractivity contribution >= 4 is 11.2 Å².